The van der Waals surface area contributed by atoms with Gasteiger partial charge in [-0.05, 0) is 53.9 Å². The van der Waals surface area contributed by atoms with Crippen molar-refractivity contribution in [3.8, 4) is 5.75 Å². The molecule has 0 bridgehead atoms. The van der Waals surface area contributed by atoms with E-state index in [1.165, 1.54) is 16.4 Å². The van der Waals surface area contributed by atoms with Crippen LogP contribution in [-0.2, 0) is 26.8 Å². The van der Waals surface area contributed by atoms with E-state index in [1.54, 1.807) is 12.1 Å². The van der Waals surface area contributed by atoms with Crippen LogP contribution < -0.4 is 10.5 Å². The maximum Gasteiger partial charge on any atom is 0.320 e. The van der Waals surface area contributed by atoms with Gasteiger partial charge < -0.3 is 15.6 Å². The molecule has 9 heteroatoms. The molecule has 1 aliphatic heterocycles. The fraction of sp³-hybridized carbons (Fsp3) is 0.208. The van der Waals surface area contributed by atoms with Crippen LogP contribution in [0.3, 0.4) is 0 Å². The summed E-state index contributed by atoms with van der Waals surface area (Å²) in [5.74, 6) is -0.493. The largest absolute Gasteiger partial charge is 0.480 e. The van der Waals surface area contributed by atoms with Gasteiger partial charge in [-0.25, -0.2) is 8.42 Å². The van der Waals surface area contributed by atoms with E-state index >= 15 is 0 Å². The Morgan fingerprint density at radius 1 is 1.06 bits per heavy atom. The molecule has 1 fully saturated rings. The summed E-state index contributed by atoms with van der Waals surface area (Å²) in [6, 6.07) is 22.1. The smallest absolute Gasteiger partial charge is 0.320 e. The summed E-state index contributed by atoms with van der Waals surface area (Å²) < 4.78 is 35.3. The van der Waals surface area contributed by atoms with Gasteiger partial charge in [0.1, 0.15) is 11.8 Å². The second-order valence-corrected chi connectivity index (χ2v) is 10.8. The Balaban J connectivity index is 1.58. The topological polar surface area (TPSA) is 110 Å². The van der Waals surface area contributed by atoms with Crippen LogP contribution in [-0.4, -0.2) is 42.9 Å². The predicted molar refractivity (Wildman–Crippen MR) is 127 cm³/mol. The van der Waals surface area contributed by atoms with Gasteiger partial charge in [0.05, 0.1) is 18.0 Å². The van der Waals surface area contributed by atoms with Crippen molar-refractivity contribution < 1.29 is 23.1 Å². The number of hydrogen-bond donors (Lipinski definition) is 2. The van der Waals surface area contributed by atoms with Gasteiger partial charge in [0.25, 0.3) is 0 Å². The van der Waals surface area contributed by atoms with Crippen LogP contribution >= 0.6 is 15.9 Å². The summed E-state index contributed by atoms with van der Waals surface area (Å²) in [5, 5.41) is 9.04. The number of sulfonamides is 1. The molecule has 1 heterocycles. The zero-order chi connectivity index (χ0) is 23.6. The summed E-state index contributed by atoms with van der Waals surface area (Å²) in [5.41, 5.74) is 6.23. The number of rotatable bonds is 8. The van der Waals surface area contributed by atoms with Gasteiger partial charge in [-0.15, -0.1) is 0 Å². The van der Waals surface area contributed by atoms with E-state index in [1.807, 2.05) is 54.6 Å². The van der Waals surface area contributed by atoms with Crippen LogP contribution in [0.5, 0.6) is 5.75 Å². The number of carboxylic acids is 1. The molecule has 33 heavy (non-hydrogen) atoms. The lowest BCUT2D eigenvalue weighted by Crippen LogP contribution is -2.64. The Morgan fingerprint density at radius 2 is 1.73 bits per heavy atom. The number of aliphatic carboxylic acids is 1. The van der Waals surface area contributed by atoms with Crippen LogP contribution in [0.1, 0.15) is 11.1 Å². The normalized spacial score (nSPS) is 16.5. The highest BCUT2D eigenvalue weighted by Gasteiger charge is 2.52. The van der Waals surface area contributed by atoms with Crippen molar-refractivity contribution >= 4 is 31.9 Å². The molecular formula is C24H23BrN2O5S. The molecule has 3 N–H and O–H groups in total. The minimum atomic E-state index is -3.80. The van der Waals surface area contributed by atoms with Gasteiger partial charge in [-0.1, -0.05) is 58.4 Å². The highest BCUT2D eigenvalue weighted by atomic mass is 79.9. The Bertz CT molecular complexity index is 1240. The van der Waals surface area contributed by atoms with Gasteiger partial charge >= 0.3 is 5.97 Å². The average molecular weight is 531 g/mol. The number of hydrogen-bond acceptors (Lipinski definition) is 5. The molecule has 0 saturated carbocycles. The third kappa shape index (κ3) is 4.96. The van der Waals surface area contributed by atoms with Crippen molar-refractivity contribution in [1.82, 2.24) is 4.31 Å². The van der Waals surface area contributed by atoms with Crippen LogP contribution in [0.15, 0.2) is 88.2 Å². The molecule has 0 aromatic heterocycles. The standard InChI is InChI=1S/C24H23BrN2O5S/c25-19-9-11-20(12-10-19)32-24(18-6-2-1-3-7-18)15-27(16-24)33(30,31)21-8-4-5-17(13-21)14-22(26)23(28)29/h1-13,22H,14-16,26H2,(H,28,29)/t22-/m0/s1. The first kappa shape index (κ1) is 23.4. The first-order valence-corrected chi connectivity index (χ1v) is 12.5. The van der Waals surface area contributed by atoms with Crippen LogP contribution in [0.2, 0.25) is 0 Å². The third-order valence-corrected chi connectivity index (χ3v) is 7.92. The molecule has 3 aromatic carbocycles. The van der Waals surface area contributed by atoms with Crippen LogP contribution in [0.25, 0.3) is 0 Å². The highest BCUT2D eigenvalue weighted by Crippen LogP contribution is 2.40. The molecule has 0 unspecified atom stereocenters. The fourth-order valence-corrected chi connectivity index (χ4v) is 5.66. The van der Waals surface area contributed by atoms with Gasteiger partial charge in [0.15, 0.2) is 5.60 Å². The molecule has 4 rings (SSSR count). The molecular weight excluding hydrogens is 508 g/mol. The summed E-state index contributed by atoms with van der Waals surface area (Å²) in [6.07, 6.45) is 0.0410. The van der Waals surface area contributed by atoms with E-state index in [9.17, 15) is 13.2 Å². The molecule has 0 radical (unpaired) electrons. The van der Waals surface area contributed by atoms with E-state index < -0.39 is 27.6 Å². The maximum atomic E-state index is 13.3. The minimum Gasteiger partial charge on any atom is -0.480 e. The predicted octanol–water partition coefficient (Wildman–Crippen LogP) is 3.38. The number of carboxylic acid groups (broad SMARTS) is 1. The second kappa shape index (κ2) is 9.26. The lowest BCUT2D eigenvalue weighted by Gasteiger charge is -2.48. The van der Waals surface area contributed by atoms with Crippen molar-refractivity contribution in [2.45, 2.75) is 23.0 Å². The number of nitrogens with zero attached hydrogens (tertiary/aromatic N) is 1. The maximum absolute atomic E-state index is 13.3. The SMILES string of the molecule is N[C@@H](Cc1cccc(S(=O)(=O)N2CC(Oc3ccc(Br)cc3)(c3ccccc3)C2)c1)C(=O)O. The number of nitrogens with two attached hydrogens (primary N) is 1. The molecule has 1 aliphatic rings. The lowest BCUT2D eigenvalue weighted by molar-refractivity contribution is -0.138. The molecule has 1 atom stereocenters. The molecule has 3 aromatic rings. The summed E-state index contributed by atoms with van der Waals surface area (Å²) in [6.45, 7) is 0.294. The molecule has 1 saturated heterocycles. The summed E-state index contributed by atoms with van der Waals surface area (Å²) in [7, 11) is -3.80. The Morgan fingerprint density at radius 3 is 2.36 bits per heavy atom. The number of benzene rings is 3. The number of carbonyl (C=O) groups is 1. The van der Waals surface area contributed by atoms with Gasteiger partial charge in [-0.2, -0.15) is 4.31 Å². The molecule has 0 amide bonds. The highest BCUT2D eigenvalue weighted by molar-refractivity contribution is 9.10. The molecule has 0 spiro atoms. The monoisotopic (exact) mass is 530 g/mol. The number of halogens is 1. The van der Waals surface area contributed by atoms with Gasteiger partial charge in [0.2, 0.25) is 10.0 Å². The van der Waals surface area contributed by atoms with E-state index in [2.05, 4.69) is 15.9 Å². The Labute approximate surface area is 201 Å². The minimum absolute atomic E-state index is 0.0410. The second-order valence-electron chi connectivity index (χ2n) is 7.99. The zero-order valence-electron chi connectivity index (χ0n) is 17.6. The van der Waals surface area contributed by atoms with Gasteiger partial charge in [0, 0.05) is 4.47 Å². The summed E-state index contributed by atoms with van der Waals surface area (Å²) in [4.78, 5) is 11.2. The van der Waals surface area contributed by atoms with Crippen molar-refractivity contribution in [3.63, 3.8) is 0 Å². The van der Waals surface area contributed by atoms with E-state index in [0.29, 0.717) is 11.3 Å². The molecule has 7 nitrogen and oxygen atoms in total. The quantitative estimate of drug-likeness (QED) is 0.461. The third-order valence-electron chi connectivity index (χ3n) is 5.60. The average Bonchev–Trinajstić information content (AvgIpc) is 2.78. The van der Waals surface area contributed by atoms with E-state index in [0.717, 1.165) is 10.0 Å². The van der Waals surface area contributed by atoms with Gasteiger partial charge in [-0.3, -0.25) is 4.79 Å². The van der Waals surface area contributed by atoms with Crippen molar-refractivity contribution in [2.75, 3.05) is 13.1 Å². The fourth-order valence-electron chi connectivity index (χ4n) is 3.79. The first-order valence-electron chi connectivity index (χ1n) is 10.3. The Hall–Kier alpha value is -2.72. The molecule has 172 valence electrons. The van der Waals surface area contributed by atoms with E-state index in [-0.39, 0.29) is 24.4 Å². The molecule has 0 aliphatic carbocycles. The van der Waals surface area contributed by atoms with Crippen molar-refractivity contribution in [3.05, 3.63) is 94.5 Å². The van der Waals surface area contributed by atoms with Crippen molar-refractivity contribution in [1.29, 1.82) is 0 Å². The lowest BCUT2D eigenvalue weighted by atomic mass is 9.87. The van der Waals surface area contributed by atoms with Crippen LogP contribution in [0.4, 0.5) is 0 Å². The number of ether oxygens (including phenoxy) is 1. The van der Waals surface area contributed by atoms with Crippen LogP contribution in [0, 0.1) is 0 Å². The Kier molecular flexibility index (Phi) is 6.58. The van der Waals surface area contributed by atoms with E-state index in [4.69, 9.17) is 15.6 Å². The summed E-state index contributed by atoms with van der Waals surface area (Å²) >= 11 is 3.41. The van der Waals surface area contributed by atoms with Crippen molar-refractivity contribution in [2.24, 2.45) is 5.73 Å². The first-order chi connectivity index (χ1) is 15.7. The zero-order valence-corrected chi connectivity index (χ0v) is 20.0.